The number of ether oxygens (including phenoxy) is 1. The molecular formula is C20H24FNO2. The maximum absolute atomic E-state index is 13.6. The average molecular weight is 329 g/mol. The predicted molar refractivity (Wildman–Crippen MR) is 95.0 cm³/mol. The van der Waals surface area contributed by atoms with Gasteiger partial charge in [-0.15, -0.1) is 0 Å². The SMILES string of the molecule is CCCCCCCOc1ccc(NC(=O)c2ccccc2F)cc1. The molecule has 0 spiro atoms. The third kappa shape index (κ3) is 5.69. The zero-order chi connectivity index (χ0) is 17.2. The number of halogens is 1. The van der Waals surface area contributed by atoms with Crippen molar-refractivity contribution in [2.75, 3.05) is 11.9 Å². The van der Waals surface area contributed by atoms with Crippen LogP contribution in [-0.2, 0) is 0 Å². The van der Waals surface area contributed by atoms with E-state index in [0.717, 1.165) is 12.2 Å². The van der Waals surface area contributed by atoms with Gasteiger partial charge in [-0.3, -0.25) is 4.79 Å². The maximum Gasteiger partial charge on any atom is 0.258 e. The number of amides is 1. The van der Waals surface area contributed by atoms with E-state index < -0.39 is 11.7 Å². The minimum Gasteiger partial charge on any atom is -0.494 e. The number of benzene rings is 2. The molecule has 2 rings (SSSR count). The number of nitrogens with one attached hydrogen (secondary N) is 1. The Morgan fingerprint density at radius 3 is 2.42 bits per heavy atom. The van der Waals surface area contributed by atoms with Crippen LogP contribution in [0.1, 0.15) is 49.4 Å². The van der Waals surface area contributed by atoms with E-state index in [0.29, 0.717) is 12.3 Å². The molecule has 128 valence electrons. The van der Waals surface area contributed by atoms with Gasteiger partial charge in [0.1, 0.15) is 11.6 Å². The summed E-state index contributed by atoms with van der Waals surface area (Å²) in [6.07, 6.45) is 5.99. The number of rotatable bonds is 9. The first-order valence-corrected chi connectivity index (χ1v) is 8.49. The molecule has 0 unspecified atom stereocenters. The number of hydrogen-bond donors (Lipinski definition) is 1. The lowest BCUT2D eigenvalue weighted by Crippen LogP contribution is -2.13. The Morgan fingerprint density at radius 2 is 1.71 bits per heavy atom. The van der Waals surface area contributed by atoms with E-state index in [2.05, 4.69) is 12.2 Å². The second-order valence-corrected chi connectivity index (χ2v) is 5.72. The van der Waals surface area contributed by atoms with Gasteiger partial charge in [-0.25, -0.2) is 4.39 Å². The average Bonchev–Trinajstić information content (AvgIpc) is 2.59. The highest BCUT2D eigenvalue weighted by atomic mass is 19.1. The van der Waals surface area contributed by atoms with E-state index in [1.165, 1.54) is 37.8 Å². The molecule has 0 fully saturated rings. The molecule has 24 heavy (non-hydrogen) atoms. The highest BCUT2D eigenvalue weighted by molar-refractivity contribution is 6.04. The van der Waals surface area contributed by atoms with Crippen LogP contribution in [0.2, 0.25) is 0 Å². The van der Waals surface area contributed by atoms with Crippen LogP contribution >= 0.6 is 0 Å². The summed E-state index contributed by atoms with van der Waals surface area (Å²) >= 11 is 0. The summed E-state index contributed by atoms with van der Waals surface area (Å²) < 4.78 is 19.3. The van der Waals surface area contributed by atoms with Gasteiger partial charge in [-0.2, -0.15) is 0 Å². The zero-order valence-electron chi connectivity index (χ0n) is 14.1. The highest BCUT2D eigenvalue weighted by Crippen LogP contribution is 2.17. The maximum atomic E-state index is 13.6. The van der Waals surface area contributed by atoms with Crippen molar-refractivity contribution < 1.29 is 13.9 Å². The van der Waals surface area contributed by atoms with Crippen molar-refractivity contribution in [3.05, 3.63) is 59.9 Å². The van der Waals surface area contributed by atoms with Gasteiger partial charge in [0.15, 0.2) is 0 Å². The fourth-order valence-corrected chi connectivity index (χ4v) is 2.37. The summed E-state index contributed by atoms with van der Waals surface area (Å²) in [5.41, 5.74) is 0.642. The predicted octanol–water partition coefficient (Wildman–Crippen LogP) is 5.43. The topological polar surface area (TPSA) is 38.3 Å². The largest absolute Gasteiger partial charge is 0.494 e. The van der Waals surface area contributed by atoms with Crippen LogP contribution in [0.5, 0.6) is 5.75 Å². The minimum atomic E-state index is -0.530. The molecule has 0 aromatic heterocycles. The van der Waals surface area contributed by atoms with Crippen molar-refractivity contribution in [1.29, 1.82) is 0 Å². The van der Waals surface area contributed by atoms with E-state index >= 15 is 0 Å². The number of hydrogen-bond acceptors (Lipinski definition) is 2. The van der Waals surface area contributed by atoms with Crippen LogP contribution in [0.15, 0.2) is 48.5 Å². The molecular weight excluding hydrogens is 305 g/mol. The highest BCUT2D eigenvalue weighted by Gasteiger charge is 2.10. The molecule has 2 aromatic rings. The van der Waals surface area contributed by atoms with Gasteiger partial charge in [-0.05, 0) is 42.8 Å². The van der Waals surface area contributed by atoms with Gasteiger partial charge < -0.3 is 10.1 Å². The number of anilines is 1. The summed E-state index contributed by atoms with van der Waals surface area (Å²) in [5, 5.41) is 2.68. The van der Waals surface area contributed by atoms with Crippen molar-refractivity contribution in [1.82, 2.24) is 0 Å². The summed E-state index contributed by atoms with van der Waals surface area (Å²) in [4.78, 5) is 12.0. The normalized spacial score (nSPS) is 10.4. The van der Waals surface area contributed by atoms with Crippen LogP contribution in [0.25, 0.3) is 0 Å². The fourth-order valence-electron chi connectivity index (χ4n) is 2.37. The van der Waals surface area contributed by atoms with Crippen LogP contribution < -0.4 is 10.1 Å². The third-order valence-corrected chi connectivity index (χ3v) is 3.75. The van der Waals surface area contributed by atoms with Gasteiger partial charge in [-0.1, -0.05) is 44.7 Å². The number of carbonyl (C=O) groups excluding carboxylic acids is 1. The second kappa shape index (κ2) is 9.71. The standard InChI is InChI=1S/C20H24FNO2/c1-2-3-4-5-8-15-24-17-13-11-16(12-14-17)22-20(23)18-9-6-7-10-19(18)21/h6-7,9-14H,2-5,8,15H2,1H3,(H,22,23). The first-order chi connectivity index (χ1) is 11.7. The molecule has 0 aliphatic carbocycles. The molecule has 1 amide bonds. The van der Waals surface area contributed by atoms with E-state index in [1.807, 2.05) is 12.1 Å². The Hall–Kier alpha value is -2.36. The molecule has 0 atom stereocenters. The van der Waals surface area contributed by atoms with Crippen molar-refractivity contribution in [2.24, 2.45) is 0 Å². The fraction of sp³-hybridized carbons (Fsp3) is 0.350. The second-order valence-electron chi connectivity index (χ2n) is 5.72. The lowest BCUT2D eigenvalue weighted by molar-refractivity contribution is 0.102. The van der Waals surface area contributed by atoms with Crippen molar-refractivity contribution in [2.45, 2.75) is 39.0 Å². The lowest BCUT2D eigenvalue weighted by Gasteiger charge is -2.09. The van der Waals surface area contributed by atoms with Crippen LogP contribution in [0.3, 0.4) is 0 Å². The Bertz CT molecular complexity index is 640. The summed E-state index contributed by atoms with van der Waals surface area (Å²) in [6.45, 7) is 2.90. The Kier molecular flexibility index (Phi) is 7.27. The Labute approximate surface area is 142 Å². The molecule has 0 aliphatic heterocycles. The van der Waals surface area contributed by atoms with Crippen molar-refractivity contribution in [3.8, 4) is 5.75 Å². The van der Waals surface area contributed by atoms with Gasteiger partial charge >= 0.3 is 0 Å². The first kappa shape index (κ1) is 18.0. The Morgan fingerprint density at radius 1 is 1.00 bits per heavy atom. The minimum absolute atomic E-state index is 0.0323. The van der Waals surface area contributed by atoms with E-state index in [-0.39, 0.29) is 5.56 Å². The molecule has 0 heterocycles. The molecule has 3 nitrogen and oxygen atoms in total. The summed E-state index contributed by atoms with van der Waals surface area (Å²) in [7, 11) is 0. The van der Waals surface area contributed by atoms with E-state index in [1.54, 1.807) is 24.3 Å². The third-order valence-electron chi connectivity index (χ3n) is 3.75. The molecule has 0 radical (unpaired) electrons. The van der Waals surface area contributed by atoms with Crippen molar-refractivity contribution >= 4 is 11.6 Å². The van der Waals surface area contributed by atoms with Gasteiger partial charge in [0, 0.05) is 5.69 Å². The van der Waals surface area contributed by atoms with Crippen LogP contribution in [-0.4, -0.2) is 12.5 Å². The molecule has 0 bridgehead atoms. The molecule has 4 heteroatoms. The summed E-state index contributed by atoms with van der Waals surface area (Å²) in [5.74, 6) is -0.217. The van der Waals surface area contributed by atoms with Gasteiger partial charge in [0.05, 0.1) is 12.2 Å². The number of unbranched alkanes of at least 4 members (excludes halogenated alkanes) is 4. The van der Waals surface area contributed by atoms with Crippen molar-refractivity contribution in [3.63, 3.8) is 0 Å². The Balaban J connectivity index is 1.79. The van der Waals surface area contributed by atoms with E-state index in [9.17, 15) is 9.18 Å². The molecule has 0 saturated carbocycles. The van der Waals surface area contributed by atoms with Gasteiger partial charge in [0.2, 0.25) is 0 Å². The van der Waals surface area contributed by atoms with Crippen LogP contribution in [0, 0.1) is 5.82 Å². The molecule has 2 aromatic carbocycles. The lowest BCUT2D eigenvalue weighted by atomic mass is 10.2. The number of carbonyl (C=O) groups is 1. The van der Waals surface area contributed by atoms with Crippen LogP contribution in [0.4, 0.5) is 10.1 Å². The van der Waals surface area contributed by atoms with Gasteiger partial charge in [0.25, 0.3) is 5.91 Å². The molecule has 1 N–H and O–H groups in total. The quantitative estimate of drug-likeness (QED) is 0.623. The molecule has 0 saturated heterocycles. The zero-order valence-corrected chi connectivity index (χ0v) is 14.1. The smallest absolute Gasteiger partial charge is 0.258 e. The first-order valence-electron chi connectivity index (χ1n) is 8.49. The summed E-state index contributed by atoms with van der Waals surface area (Å²) in [6, 6.07) is 13.0. The van der Waals surface area contributed by atoms with E-state index in [4.69, 9.17) is 4.74 Å². The molecule has 0 aliphatic rings. The monoisotopic (exact) mass is 329 g/mol.